The molecular weight excluding hydrogens is 255 g/mol. The zero-order valence-electron chi connectivity index (χ0n) is 11.8. The molecular formula is C17H21FO2. The van der Waals surface area contributed by atoms with Crippen LogP contribution in [0, 0.1) is 5.82 Å². The van der Waals surface area contributed by atoms with Gasteiger partial charge in [0.25, 0.3) is 0 Å². The summed E-state index contributed by atoms with van der Waals surface area (Å²) in [7, 11) is 0. The van der Waals surface area contributed by atoms with Gasteiger partial charge in [-0.05, 0) is 36.1 Å². The fourth-order valence-electron chi connectivity index (χ4n) is 1.91. The minimum Gasteiger partial charge on any atom is -0.478 e. The van der Waals surface area contributed by atoms with Crippen LogP contribution in [0.3, 0.4) is 0 Å². The van der Waals surface area contributed by atoms with Crippen molar-refractivity contribution in [2.24, 2.45) is 0 Å². The predicted molar refractivity (Wildman–Crippen MR) is 79.9 cm³/mol. The van der Waals surface area contributed by atoms with Gasteiger partial charge in [0.05, 0.1) is 0 Å². The lowest BCUT2D eigenvalue weighted by Gasteiger charge is -2.03. The molecule has 108 valence electrons. The minimum absolute atomic E-state index is 0.271. The van der Waals surface area contributed by atoms with Gasteiger partial charge in [-0.3, -0.25) is 0 Å². The molecule has 0 fully saturated rings. The van der Waals surface area contributed by atoms with Gasteiger partial charge in [0.2, 0.25) is 0 Å². The standard InChI is InChI=1S/C17H21FO2/c1-2-3-4-5-6-14(9-12-17(19)20)13-15-7-10-16(18)11-8-15/h7-13H,2-6H2,1H3,(H,19,20)/b12-9+,14-13?. The van der Waals surface area contributed by atoms with Crippen LogP contribution in [0.15, 0.2) is 42.0 Å². The summed E-state index contributed by atoms with van der Waals surface area (Å²) in [6, 6.07) is 6.19. The Morgan fingerprint density at radius 2 is 1.85 bits per heavy atom. The van der Waals surface area contributed by atoms with Gasteiger partial charge in [-0.15, -0.1) is 0 Å². The summed E-state index contributed by atoms with van der Waals surface area (Å²) >= 11 is 0. The fourth-order valence-corrected chi connectivity index (χ4v) is 1.91. The number of halogens is 1. The average Bonchev–Trinajstić information content (AvgIpc) is 2.43. The molecule has 0 unspecified atom stereocenters. The summed E-state index contributed by atoms with van der Waals surface area (Å²) in [5.74, 6) is -1.23. The van der Waals surface area contributed by atoms with Crippen LogP contribution in [0.4, 0.5) is 4.39 Å². The van der Waals surface area contributed by atoms with Crippen LogP contribution < -0.4 is 0 Å². The van der Waals surface area contributed by atoms with E-state index in [1.807, 2.05) is 6.08 Å². The molecule has 0 saturated heterocycles. The molecule has 2 nitrogen and oxygen atoms in total. The molecule has 0 aliphatic carbocycles. The topological polar surface area (TPSA) is 37.3 Å². The quantitative estimate of drug-likeness (QED) is 0.420. The fraction of sp³-hybridized carbons (Fsp3) is 0.353. The van der Waals surface area contributed by atoms with E-state index >= 15 is 0 Å². The summed E-state index contributed by atoms with van der Waals surface area (Å²) < 4.78 is 12.9. The molecule has 0 radical (unpaired) electrons. The molecule has 3 heteroatoms. The number of hydrogen-bond donors (Lipinski definition) is 1. The summed E-state index contributed by atoms with van der Waals surface area (Å²) in [5, 5.41) is 8.71. The SMILES string of the molecule is CCCCCCC(=Cc1ccc(F)cc1)/C=C/C(=O)O. The Labute approximate surface area is 119 Å². The summed E-state index contributed by atoms with van der Waals surface area (Å²) in [6.45, 7) is 2.15. The van der Waals surface area contributed by atoms with Crippen LogP contribution in [0.2, 0.25) is 0 Å². The van der Waals surface area contributed by atoms with E-state index in [0.29, 0.717) is 0 Å². The highest BCUT2D eigenvalue weighted by atomic mass is 19.1. The normalized spacial score (nSPS) is 12.0. The number of benzene rings is 1. The maximum absolute atomic E-state index is 12.9. The molecule has 0 aromatic heterocycles. The van der Waals surface area contributed by atoms with Crippen molar-refractivity contribution < 1.29 is 14.3 Å². The van der Waals surface area contributed by atoms with Crippen LogP contribution in [-0.4, -0.2) is 11.1 Å². The highest BCUT2D eigenvalue weighted by molar-refractivity contribution is 5.80. The second kappa shape index (κ2) is 9.08. The molecule has 20 heavy (non-hydrogen) atoms. The Kier molecular flexibility index (Phi) is 7.33. The molecule has 0 aliphatic rings. The molecule has 0 amide bonds. The van der Waals surface area contributed by atoms with E-state index < -0.39 is 5.97 Å². The Morgan fingerprint density at radius 3 is 2.45 bits per heavy atom. The lowest BCUT2D eigenvalue weighted by Crippen LogP contribution is -1.88. The number of aliphatic carboxylic acids is 1. The lowest BCUT2D eigenvalue weighted by atomic mass is 10.0. The van der Waals surface area contributed by atoms with Gasteiger partial charge in [-0.1, -0.05) is 50.5 Å². The molecule has 0 atom stereocenters. The molecule has 1 aromatic rings. The Morgan fingerprint density at radius 1 is 1.15 bits per heavy atom. The summed E-state index contributed by atoms with van der Waals surface area (Å²) in [5.41, 5.74) is 1.84. The van der Waals surface area contributed by atoms with E-state index in [0.717, 1.165) is 36.5 Å². The largest absolute Gasteiger partial charge is 0.478 e. The highest BCUT2D eigenvalue weighted by Crippen LogP contribution is 2.16. The van der Waals surface area contributed by atoms with E-state index in [1.165, 1.54) is 25.0 Å². The minimum atomic E-state index is -0.955. The molecule has 0 aliphatic heterocycles. The average molecular weight is 276 g/mol. The number of carboxylic acid groups (broad SMARTS) is 1. The van der Waals surface area contributed by atoms with Crippen LogP contribution in [0.1, 0.15) is 44.6 Å². The van der Waals surface area contributed by atoms with Gasteiger partial charge >= 0.3 is 5.97 Å². The van der Waals surface area contributed by atoms with Gasteiger partial charge in [-0.25, -0.2) is 9.18 Å². The van der Waals surface area contributed by atoms with Crippen molar-refractivity contribution in [2.45, 2.75) is 39.0 Å². The molecule has 1 aromatic carbocycles. The van der Waals surface area contributed by atoms with Crippen LogP contribution >= 0.6 is 0 Å². The van der Waals surface area contributed by atoms with Gasteiger partial charge < -0.3 is 5.11 Å². The zero-order chi connectivity index (χ0) is 14.8. The van der Waals surface area contributed by atoms with Crippen LogP contribution in [-0.2, 0) is 4.79 Å². The molecule has 0 heterocycles. The maximum atomic E-state index is 12.9. The lowest BCUT2D eigenvalue weighted by molar-refractivity contribution is -0.131. The second-order valence-electron chi connectivity index (χ2n) is 4.75. The number of rotatable bonds is 8. The van der Waals surface area contributed by atoms with Crippen LogP contribution in [0.5, 0.6) is 0 Å². The number of carbonyl (C=O) groups is 1. The third-order valence-electron chi connectivity index (χ3n) is 2.98. The third kappa shape index (κ3) is 6.88. The first kappa shape index (κ1) is 16.2. The van der Waals surface area contributed by atoms with Crippen molar-refractivity contribution in [3.63, 3.8) is 0 Å². The first-order valence-corrected chi connectivity index (χ1v) is 6.99. The van der Waals surface area contributed by atoms with Crippen molar-refractivity contribution in [2.75, 3.05) is 0 Å². The van der Waals surface area contributed by atoms with Gasteiger partial charge in [-0.2, -0.15) is 0 Å². The summed E-state index contributed by atoms with van der Waals surface area (Å²) in [4.78, 5) is 10.6. The second-order valence-corrected chi connectivity index (χ2v) is 4.75. The first-order valence-electron chi connectivity index (χ1n) is 6.99. The van der Waals surface area contributed by atoms with Gasteiger partial charge in [0.1, 0.15) is 5.82 Å². The Bertz CT molecular complexity index is 472. The number of carboxylic acids is 1. The van der Waals surface area contributed by atoms with Crippen molar-refractivity contribution in [1.82, 2.24) is 0 Å². The van der Waals surface area contributed by atoms with E-state index in [1.54, 1.807) is 18.2 Å². The van der Waals surface area contributed by atoms with Gasteiger partial charge in [0.15, 0.2) is 0 Å². The third-order valence-corrected chi connectivity index (χ3v) is 2.98. The first-order chi connectivity index (χ1) is 9.61. The zero-order valence-corrected chi connectivity index (χ0v) is 11.8. The molecule has 0 spiro atoms. The number of hydrogen-bond acceptors (Lipinski definition) is 1. The molecule has 0 saturated carbocycles. The number of unbranched alkanes of at least 4 members (excludes halogenated alkanes) is 3. The van der Waals surface area contributed by atoms with E-state index in [-0.39, 0.29) is 5.82 Å². The Hall–Kier alpha value is -1.90. The maximum Gasteiger partial charge on any atom is 0.328 e. The summed E-state index contributed by atoms with van der Waals surface area (Å²) in [6.07, 6.45) is 10.0. The van der Waals surface area contributed by atoms with Gasteiger partial charge in [0, 0.05) is 6.08 Å². The van der Waals surface area contributed by atoms with E-state index in [4.69, 9.17) is 5.11 Å². The molecule has 0 bridgehead atoms. The van der Waals surface area contributed by atoms with Crippen molar-refractivity contribution >= 4 is 12.0 Å². The molecule has 1 rings (SSSR count). The van der Waals surface area contributed by atoms with Crippen molar-refractivity contribution in [3.05, 3.63) is 53.4 Å². The van der Waals surface area contributed by atoms with Crippen molar-refractivity contribution in [1.29, 1.82) is 0 Å². The number of allylic oxidation sites excluding steroid dienone is 2. The van der Waals surface area contributed by atoms with E-state index in [2.05, 4.69) is 6.92 Å². The smallest absolute Gasteiger partial charge is 0.328 e. The Balaban J connectivity index is 2.74. The van der Waals surface area contributed by atoms with Crippen molar-refractivity contribution in [3.8, 4) is 0 Å². The predicted octanol–water partition coefficient (Wildman–Crippen LogP) is 4.82. The van der Waals surface area contributed by atoms with Crippen LogP contribution in [0.25, 0.3) is 6.08 Å². The molecule has 1 N–H and O–H groups in total. The highest BCUT2D eigenvalue weighted by Gasteiger charge is 1.98. The van der Waals surface area contributed by atoms with E-state index in [9.17, 15) is 9.18 Å². The monoisotopic (exact) mass is 276 g/mol.